The van der Waals surface area contributed by atoms with E-state index >= 15 is 0 Å². The zero-order valence-electron chi connectivity index (χ0n) is 13.2. The van der Waals surface area contributed by atoms with Crippen molar-refractivity contribution in [2.45, 2.75) is 26.8 Å². The van der Waals surface area contributed by atoms with Gasteiger partial charge in [-0.1, -0.05) is 19.9 Å². The molecule has 0 heterocycles. The first-order valence-electron chi connectivity index (χ1n) is 7.18. The molecule has 0 radical (unpaired) electrons. The number of aromatic hydroxyl groups is 1. The van der Waals surface area contributed by atoms with E-state index in [0.717, 1.165) is 19.6 Å². The maximum Gasteiger partial charge on any atom is 0.131 e. The zero-order chi connectivity index (χ0) is 15.3. The van der Waals surface area contributed by atoms with Crippen LogP contribution >= 0.6 is 0 Å². The molecule has 0 amide bonds. The van der Waals surface area contributed by atoms with Crippen LogP contribution in [0, 0.1) is 11.7 Å². The van der Waals surface area contributed by atoms with Gasteiger partial charge in [-0.15, -0.1) is 0 Å². The van der Waals surface area contributed by atoms with Crippen LogP contribution in [0.4, 0.5) is 4.39 Å². The topological polar surface area (TPSA) is 26.7 Å². The maximum atomic E-state index is 14.0. The highest BCUT2D eigenvalue weighted by Gasteiger charge is 2.20. The number of benzene rings is 1. The van der Waals surface area contributed by atoms with Gasteiger partial charge in [0.2, 0.25) is 0 Å². The van der Waals surface area contributed by atoms with Crippen LogP contribution < -0.4 is 0 Å². The van der Waals surface area contributed by atoms with Gasteiger partial charge in [0.1, 0.15) is 11.6 Å². The summed E-state index contributed by atoms with van der Waals surface area (Å²) in [7, 11) is 4.08. The Balaban J connectivity index is 2.87. The van der Waals surface area contributed by atoms with Crippen molar-refractivity contribution in [2.24, 2.45) is 5.92 Å². The second-order valence-electron chi connectivity index (χ2n) is 6.07. The predicted octanol–water partition coefficient (Wildman–Crippen LogP) is 3.11. The summed E-state index contributed by atoms with van der Waals surface area (Å²) in [5, 5.41) is 9.32. The van der Waals surface area contributed by atoms with Crippen LogP contribution in [-0.2, 0) is 0 Å². The van der Waals surface area contributed by atoms with Crippen LogP contribution in [0.3, 0.4) is 0 Å². The van der Waals surface area contributed by atoms with Gasteiger partial charge >= 0.3 is 0 Å². The molecule has 0 aliphatic heterocycles. The number of halogens is 1. The van der Waals surface area contributed by atoms with Gasteiger partial charge in [0.25, 0.3) is 0 Å². The van der Waals surface area contributed by atoms with Gasteiger partial charge in [0.05, 0.1) is 0 Å². The van der Waals surface area contributed by atoms with E-state index < -0.39 is 0 Å². The van der Waals surface area contributed by atoms with Gasteiger partial charge in [-0.2, -0.15) is 0 Å². The second-order valence-corrected chi connectivity index (χ2v) is 6.07. The minimum atomic E-state index is -0.337. The molecule has 3 nitrogen and oxygen atoms in total. The zero-order valence-corrected chi connectivity index (χ0v) is 13.2. The van der Waals surface area contributed by atoms with Crippen molar-refractivity contribution in [3.63, 3.8) is 0 Å². The lowest BCUT2D eigenvalue weighted by Crippen LogP contribution is -2.36. The Kier molecular flexibility index (Phi) is 6.43. The molecule has 0 aliphatic rings. The van der Waals surface area contributed by atoms with E-state index in [1.807, 2.05) is 21.0 Å². The summed E-state index contributed by atoms with van der Waals surface area (Å²) in [5.74, 6) is 0.165. The van der Waals surface area contributed by atoms with E-state index in [-0.39, 0.29) is 17.6 Å². The van der Waals surface area contributed by atoms with Crippen molar-refractivity contribution in [3.8, 4) is 5.75 Å². The van der Waals surface area contributed by atoms with Gasteiger partial charge in [-0.05, 0) is 33.0 Å². The van der Waals surface area contributed by atoms with E-state index in [1.165, 1.54) is 6.07 Å². The Hall–Kier alpha value is -1.13. The fraction of sp³-hybridized carbons (Fsp3) is 0.625. The third-order valence-electron chi connectivity index (χ3n) is 3.42. The standard InChI is InChI=1S/C16H27FN2O/c1-12(2)11-19(9-8-18(4)5)13(3)15-7-6-14(20)10-16(15)17/h6-7,10,12-13,20H,8-9,11H2,1-5H3. The summed E-state index contributed by atoms with van der Waals surface area (Å²) in [5.41, 5.74) is 0.641. The molecule has 4 heteroatoms. The van der Waals surface area contributed by atoms with Crippen molar-refractivity contribution < 1.29 is 9.50 Å². The van der Waals surface area contributed by atoms with Crippen LogP contribution in [0.2, 0.25) is 0 Å². The molecular formula is C16H27FN2O. The average Bonchev–Trinajstić information content (AvgIpc) is 2.33. The molecule has 0 aromatic heterocycles. The van der Waals surface area contributed by atoms with Crippen molar-refractivity contribution in [2.75, 3.05) is 33.7 Å². The molecule has 0 bridgehead atoms. The predicted molar refractivity (Wildman–Crippen MR) is 81.4 cm³/mol. The molecule has 1 unspecified atom stereocenters. The third-order valence-corrected chi connectivity index (χ3v) is 3.42. The summed E-state index contributed by atoms with van der Waals surface area (Å²) in [4.78, 5) is 4.42. The normalized spacial score (nSPS) is 13.4. The van der Waals surface area contributed by atoms with Crippen LogP contribution in [0.15, 0.2) is 18.2 Å². The van der Waals surface area contributed by atoms with Gasteiger partial charge in [-0.3, -0.25) is 4.90 Å². The first kappa shape index (κ1) is 16.9. The SMILES string of the molecule is CC(C)CN(CCN(C)C)C(C)c1ccc(O)cc1F. The molecule has 20 heavy (non-hydrogen) atoms. The minimum Gasteiger partial charge on any atom is -0.508 e. The van der Waals surface area contributed by atoms with Crippen LogP contribution in [0.25, 0.3) is 0 Å². The monoisotopic (exact) mass is 282 g/mol. The highest BCUT2D eigenvalue weighted by Crippen LogP contribution is 2.26. The molecule has 0 saturated carbocycles. The fourth-order valence-corrected chi connectivity index (χ4v) is 2.29. The minimum absolute atomic E-state index is 0.00190. The molecule has 1 N–H and O–H groups in total. The number of rotatable bonds is 7. The Bertz CT molecular complexity index is 421. The van der Waals surface area contributed by atoms with E-state index in [9.17, 15) is 9.50 Å². The lowest BCUT2D eigenvalue weighted by molar-refractivity contribution is 0.167. The summed E-state index contributed by atoms with van der Waals surface area (Å²) >= 11 is 0. The van der Waals surface area contributed by atoms with E-state index in [4.69, 9.17) is 0 Å². The highest BCUT2D eigenvalue weighted by atomic mass is 19.1. The van der Waals surface area contributed by atoms with Gasteiger partial charge in [0.15, 0.2) is 0 Å². The number of likely N-dealkylation sites (N-methyl/N-ethyl adjacent to an activating group) is 1. The number of hydrogen-bond donors (Lipinski definition) is 1. The van der Waals surface area contributed by atoms with Crippen molar-refractivity contribution in [3.05, 3.63) is 29.6 Å². The Labute approximate surface area is 122 Å². The van der Waals surface area contributed by atoms with Crippen molar-refractivity contribution >= 4 is 0 Å². The van der Waals surface area contributed by atoms with E-state index in [2.05, 4.69) is 23.6 Å². The third kappa shape index (κ3) is 5.10. The van der Waals surface area contributed by atoms with Gasteiger partial charge in [-0.25, -0.2) is 4.39 Å². The fourth-order valence-electron chi connectivity index (χ4n) is 2.29. The smallest absolute Gasteiger partial charge is 0.131 e. The number of phenols is 1. The number of hydrogen-bond acceptors (Lipinski definition) is 3. The lowest BCUT2D eigenvalue weighted by atomic mass is 10.0. The second kappa shape index (κ2) is 7.60. The van der Waals surface area contributed by atoms with Crippen LogP contribution in [0.1, 0.15) is 32.4 Å². The van der Waals surface area contributed by atoms with Crippen LogP contribution in [-0.4, -0.2) is 48.6 Å². The van der Waals surface area contributed by atoms with Gasteiger partial charge in [0, 0.05) is 37.3 Å². The Morgan fingerprint density at radius 3 is 2.30 bits per heavy atom. The number of phenolic OH excluding ortho intramolecular Hbond substituents is 1. The summed E-state index contributed by atoms with van der Waals surface area (Å²) < 4.78 is 14.0. The molecule has 1 aromatic carbocycles. The average molecular weight is 282 g/mol. The largest absolute Gasteiger partial charge is 0.508 e. The first-order valence-corrected chi connectivity index (χ1v) is 7.18. The molecule has 1 atom stereocenters. The maximum absolute atomic E-state index is 14.0. The van der Waals surface area contributed by atoms with Crippen LogP contribution in [0.5, 0.6) is 5.75 Å². The molecule has 0 fully saturated rings. The molecule has 0 aliphatic carbocycles. The Morgan fingerprint density at radius 1 is 1.15 bits per heavy atom. The highest BCUT2D eigenvalue weighted by molar-refractivity contribution is 5.29. The summed E-state index contributed by atoms with van der Waals surface area (Å²) in [6.07, 6.45) is 0. The van der Waals surface area contributed by atoms with Gasteiger partial charge < -0.3 is 10.0 Å². The van der Waals surface area contributed by atoms with Crippen molar-refractivity contribution in [1.29, 1.82) is 0 Å². The lowest BCUT2D eigenvalue weighted by Gasteiger charge is -2.32. The first-order chi connectivity index (χ1) is 9.31. The summed E-state index contributed by atoms with van der Waals surface area (Å²) in [6.45, 7) is 9.12. The van der Waals surface area contributed by atoms with E-state index in [1.54, 1.807) is 12.1 Å². The number of nitrogens with zero attached hydrogens (tertiary/aromatic N) is 2. The molecule has 0 saturated heterocycles. The molecule has 0 spiro atoms. The van der Waals surface area contributed by atoms with Crippen molar-refractivity contribution in [1.82, 2.24) is 9.80 Å². The Morgan fingerprint density at radius 2 is 1.80 bits per heavy atom. The molecular weight excluding hydrogens is 255 g/mol. The van der Waals surface area contributed by atoms with E-state index in [0.29, 0.717) is 11.5 Å². The molecule has 1 aromatic rings. The molecule has 1 rings (SSSR count). The molecule has 114 valence electrons. The quantitative estimate of drug-likeness (QED) is 0.832. The summed E-state index contributed by atoms with van der Waals surface area (Å²) in [6, 6.07) is 4.41.